The number of nitrogens with zero attached hydrogens (tertiary/aromatic N) is 1. The van der Waals surface area contributed by atoms with E-state index in [4.69, 9.17) is 0 Å². The molecule has 3 heteroatoms. The van der Waals surface area contributed by atoms with Crippen molar-refractivity contribution in [2.75, 3.05) is 26.2 Å². The van der Waals surface area contributed by atoms with Gasteiger partial charge in [-0.05, 0) is 43.1 Å². The van der Waals surface area contributed by atoms with Crippen molar-refractivity contribution in [1.29, 1.82) is 0 Å². The van der Waals surface area contributed by atoms with Crippen LogP contribution in [0.3, 0.4) is 0 Å². The molecule has 22 heavy (non-hydrogen) atoms. The number of aryl methyl sites for hydroxylation is 1. The molecule has 1 heterocycles. The summed E-state index contributed by atoms with van der Waals surface area (Å²) in [4.78, 5) is 2.61. The van der Waals surface area contributed by atoms with Crippen LogP contribution >= 0.6 is 15.9 Å². The van der Waals surface area contributed by atoms with Crippen molar-refractivity contribution >= 4 is 15.9 Å². The fourth-order valence-electron chi connectivity index (χ4n) is 3.26. The highest BCUT2D eigenvalue weighted by atomic mass is 79.9. The zero-order valence-corrected chi connectivity index (χ0v) is 14.6. The highest BCUT2D eigenvalue weighted by Crippen LogP contribution is 2.31. The van der Waals surface area contributed by atoms with Gasteiger partial charge in [0.2, 0.25) is 0 Å². The molecule has 0 aromatic heterocycles. The van der Waals surface area contributed by atoms with Crippen molar-refractivity contribution in [3.63, 3.8) is 0 Å². The van der Waals surface area contributed by atoms with Gasteiger partial charge in [-0.15, -0.1) is 0 Å². The number of benzene rings is 2. The fourth-order valence-corrected chi connectivity index (χ4v) is 3.67. The summed E-state index contributed by atoms with van der Waals surface area (Å²) in [5.41, 5.74) is 4.08. The Balaban J connectivity index is 2.01. The summed E-state index contributed by atoms with van der Waals surface area (Å²) in [6.07, 6.45) is 1.20. The number of nitrogens with one attached hydrogen (secondary N) is 1. The van der Waals surface area contributed by atoms with Gasteiger partial charge in [0.05, 0.1) is 6.04 Å². The SMILES string of the molecule is Cc1cccc(C(c2cccc(Br)c2)N2CCCNCC2)c1. The monoisotopic (exact) mass is 358 g/mol. The van der Waals surface area contributed by atoms with E-state index < -0.39 is 0 Å². The minimum absolute atomic E-state index is 0.331. The maximum Gasteiger partial charge on any atom is 0.0602 e. The van der Waals surface area contributed by atoms with Gasteiger partial charge in [-0.3, -0.25) is 4.90 Å². The third kappa shape index (κ3) is 3.78. The van der Waals surface area contributed by atoms with E-state index in [-0.39, 0.29) is 0 Å². The first kappa shape index (κ1) is 15.7. The Morgan fingerprint density at radius 2 is 1.77 bits per heavy atom. The van der Waals surface area contributed by atoms with E-state index in [1.807, 2.05) is 0 Å². The number of rotatable bonds is 3. The average Bonchev–Trinajstić information content (AvgIpc) is 2.77. The first-order valence-electron chi connectivity index (χ1n) is 8.01. The molecule has 0 spiro atoms. The first-order valence-corrected chi connectivity index (χ1v) is 8.80. The third-order valence-corrected chi connectivity index (χ3v) is 4.76. The van der Waals surface area contributed by atoms with Crippen LogP contribution in [-0.2, 0) is 0 Å². The lowest BCUT2D eigenvalue weighted by molar-refractivity contribution is 0.241. The molecule has 0 aliphatic carbocycles. The van der Waals surface area contributed by atoms with Gasteiger partial charge in [0.25, 0.3) is 0 Å². The molecule has 1 N–H and O–H groups in total. The number of hydrogen-bond donors (Lipinski definition) is 1. The van der Waals surface area contributed by atoms with E-state index in [0.29, 0.717) is 6.04 Å². The number of hydrogen-bond acceptors (Lipinski definition) is 2. The van der Waals surface area contributed by atoms with Crippen molar-refractivity contribution in [1.82, 2.24) is 10.2 Å². The van der Waals surface area contributed by atoms with Crippen LogP contribution in [0.25, 0.3) is 0 Å². The third-order valence-electron chi connectivity index (χ3n) is 4.26. The van der Waals surface area contributed by atoms with Gasteiger partial charge in [0.1, 0.15) is 0 Å². The summed E-state index contributed by atoms with van der Waals surface area (Å²) in [6, 6.07) is 18.0. The van der Waals surface area contributed by atoms with E-state index in [1.54, 1.807) is 0 Å². The van der Waals surface area contributed by atoms with Gasteiger partial charge >= 0.3 is 0 Å². The lowest BCUT2D eigenvalue weighted by Crippen LogP contribution is -2.33. The zero-order valence-electron chi connectivity index (χ0n) is 13.1. The van der Waals surface area contributed by atoms with Crippen LogP contribution in [0.1, 0.15) is 29.2 Å². The number of halogens is 1. The van der Waals surface area contributed by atoms with E-state index >= 15 is 0 Å². The Labute approximate surface area is 141 Å². The predicted octanol–water partition coefficient (Wildman–Crippen LogP) is 4.14. The van der Waals surface area contributed by atoms with Crippen molar-refractivity contribution in [3.05, 3.63) is 69.7 Å². The van der Waals surface area contributed by atoms with E-state index in [2.05, 4.69) is 81.6 Å². The summed E-state index contributed by atoms with van der Waals surface area (Å²) in [7, 11) is 0. The largest absolute Gasteiger partial charge is 0.315 e. The standard InChI is InChI=1S/C19H23BrN2/c1-15-5-2-6-16(13-15)19(17-7-3-8-18(20)14-17)22-11-4-9-21-10-12-22/h2-3,5-8,13-14,19,21H,4,9-12H2,1H3. The zero-order chi connectivity index (χ0) is 15.4. The molecule has 1 saturated heterocycles. The molecule has 0 bridgehead atoms. The van der Waals surface area contributed by atoms with Crippen LogP contribution in [0.5, 0.6) is 0 Å². The Morgan fingerprint density at radius 1 is 1.00 bits per heavy atom. The Morgan fingerprint density at radius 3 is 2.55 bits per heavy atom. The minimum atomic E-state index is 0.331. The normalized spacial score (nSPS) is 17.9. The molecule has 2 aromatic rings. The van der Waals surface area contributed by atoms with Gasteiger partial charge in [-0.25, -0.2) is 0 Å². The summed E-state index contributed by atoms with van der Waals surface area (Å²) in [5, 5.41) is 3.51. The highest BCUT2D eigenvalue weighted by Gasteiger charge is 2.23. The lowest BCUT2D eigenvalue weighted by Gasteiger charge is -2.31. The Kier molecular flexibility index (Phi) is 5.29. The van der Waals surface area contributed by atoms with Gasteiger partial charge in [0, 0.05) is 24.1 Å². The van der Waals surface area contributed by atoms with Crippen LogP contribution in [0.4, 0.5) is 0 Å². The maximum atomic E-state index is 3.63. The van der Waals surface area contributed by atoms with Crippen LogP contribution in [0.15, 0.2) is 53.0 Å². The second-order valence-electron chi connectivity index (χ2n) is 6.01. The first-order chi connectivity index (χ1) is 10.7. The van der Waals surface area contributed by atoms with Crippen molar-refractivity contribution < 1.29 is 0 Å². The van der Waals surface area contributed by atoms with Crippen LogP contribution in [0, 0.1) is 6.92 Å². The topological polar surface area (TPSA) is 15.3 Å². The van der Waals surface area contributed by atoms with Crippen LogP contribution in [-0.4, -0.2) is 31.1 Å². The molecule has 1 atom stereocenters. The molecule has 0 amide bonds. The Bertz CT molecular complexity index is 573. The van der Waals surface area contributed by atoms with Gasteiger partial charge < -0.3 is 5.32 Å². The molecule has 1 aliphatic heterocycles. The van der Waals surface area contributed by atoms with Crippen LogP contribution in [0.2, 0.25) is 0 Å². The Hall–Kier alpha value is -1.16. The van der Waals surface area contributed by atoms with Crippen LogP contribution < -0.4 is 5.32 Å². The van der Waals surface area contributed by atoms with Crippen molar-refractivity contribution in [2.24, 2.45) is 0 Å². The van der Waals surface area contributed by atoms with Gasteiger partial charge in [-0.2, -0.15) is 0 Å². The molecular formula is C19H23BrN2. The molecule has 1 fully saturated rings. The summed E-state index contributed by atoms with van der Waals surface area (Å²) >= 11 is 3.63. The predicted molar refractivity (Wildman–Crippen MR) is 96.2 cm³/mol. The second-order valence-corrected chi connectivity index (χ2v) is 6.93. The maximum absolute atomic E-state index is 3.63. The average molecular weight is 359 g/mol. The molecule has 1 unspecified atom stereocenters. The highest BCUT2D eigenvalue weighted by molar-refractivity contribution is 9.10. The molecule has 0 saturated carbocycles. The van der Waals surface area contributed by atoms with E-state index in [1.165, 1.54) is 23.1 Å². The molecule has 2 aromatic carbocycles. The second kappa shape index (κ2) is 7.40. The molecule has 3 rings (SSSR count). The fraction of sp³-hybridized carbons (Fsp3) is 0.368. The lowest BCUT2D eigenvalue weighted by atomic mass is 9.95. The summed E-state index contributed by atoms with van der Waals surface area (Å²) in [6.45, 7) is 6.58. The molecule has 116 valence electrons. The van der Waals surface area contributed by atoms with E-state index in [9.17, 15) is 0 Å². The quantitative estimate of drug-likeness (QED) is 0.886. The van der Waals surface area contributed by atoms with E-state index in [0.717, 1.165) is 30.7 Å². The van der Waals surface area contributed by atoms with Gasteiger partial charge in [-0.1, -0.05) is 57.9 Å². The van der Waals surface area contributed by atoms with Gasteiger partial charge in [0.15, 0.2) is 0 Å². The summed E-state index contributed by atoms with van der Waals surface area (Å²) in [5.74, 6) is 0. The molecule has 2 nitrogen and oxygen atoms in total. The smallest absolute Gasteiger partial charge is 0.0602 e. The van der Waals surface area contributed by atoms with Crippen molar-refractivity contribution in [2.45, 2.75) is 19.4 Å². The molecule has 1 aliphatic rings. The van der Waals surface area contributed by atoms with Crippen molar-refractivity contribution in [3.8, 4) is 0 Å². The molecule has 0 radical (unpaired) electrons. The molecular weight excluding hydrogens is 336 g/mol. The summed E-state index contributed by atoms with van der Waals surface area (Å²) < 4.78 is 1.15. The minimum Gasteiger partial charge on any atom is -0.315 e.